The molecule has 1 saturated heterocycles. The zero-order valence-electron chi connectivity index (χ0n) is 14.5. The highest BCUT2D eigenvalue weighted by molar-refractivity contribution is 7.89. The number of thiazole rings is 1. The molecule has 1 aromatic heterocycles. The summed E-state index contributed by atoms with van der Waals surface area (Å²) in [7, 11) is -3.38. The molecule has 7 nitrogen and oxygen atoms in total. The topological polar surface area (TPSA) is 88.6 Å². The minimum atomic E-state index is -3.38. The van der Waals surface area contributed by atoms with Crippen LogP contribution < -0.4 is 5.32 Å². The fourth-order valence-electron chi connectivity index (χ4n) is 2.63. The third kappa shape index (κ3) is 4.67. The molecular formula is C17H21N3O4S2. The molecule has 26 heavy (non-hydrogen) atoms. The van der Waals surface area contributed by atoms with Crippen LogP contribution in [0.5, 0.6) is 0 Å². The van der Waals surface area contributed by atoms with Gasteiger partial charge in [-0.25, -0.2) is 13.4 Å². The summed E-state index contributed by atoms with van der Waals surface area (Å²) in [5.74, 6) is -0.415. The van der Waals surface area contributed by atoms with Crippen LogP contribution >= 0.6 is 11.3 Å². The van der Waals surface area contributed by atoms with Gasteiger partial charge in [-0.3, -0.25) is 4.79 Å². The van der Waals surface area contributed by atoms with Gasteiger partial charge < -0.3 is 10.1 Å². The molecule has 3 rings (SSSR count). The first-order chi connectivity index (χ1) is 12.5. The minimum absolute atomic E-state index is 0.0686. The Hall–Kier alpha value is -1.81. The normalized spacial score (nSPS) is 15.7. The summed E-state index contributed by atoms with van der Waals surface area (Å²) < 4.78 is 31.1. The molecule has 0 spiro atoms. The van der Waals surface area contributed by atoms with E-state index >= 15 is 0 Å². The molecule has 0 atom stereocenters. The summed E-state index contributed by atoms with van der Waals surface area (Å²) >= 11 is 1.52. The van der Waals surface area contributed by atoms with Gasteiger partial charge in [0.25, 0.3) is 5.91 Å². The smallest absolute Gasteiger partial charge is 0.251 e. The Kier molecular flexibility index (Phi) is 6.02. The lowest BCUT2D eigenvalue weighted by atomic mass is 10.1. The van der Waals surface area contributed by atoms with Gasteiger partial charge in [0.15, 0.2) is 0 Å². The molecule has 0 bridgehead atoms. The molecular weight excluding hydrogens is 374 g/mol. The summed E-state index contributed by atoms with van der Waals surface area (Å²) in [4.78, 5) is 16.8. The van der Waals surface area contributed by atoms with Crippen molar-refractivity contribution in [3.63, 3.8) is 0 Å². The van der Waals surface area contributed by atoms with E-state index in [2.05, 4.69) is 10.3 Å². The monoisotopic (exact) mass is 395 g/mol. The maximum absolute atomic E-state index is 12.3. The van der Waals surface area contributed by atoms with Crippen molar-refractivity contribution >= 4 is 27.3 Å². The van der Waals surface area contributed by atoms with Crippen molar-refractivity contribution in [3.8, 4) is 10.6 Å². The highest BCUT2D eigenvalue weighted by atomic mass is 32.2. The van der Waals surface area contributed by atoms with E-state index in [1.807, 2.05) is 18.4 Å². The number of morpholine rings is 1. The number of hydrogen-bond donors (Lipinski definition) is 1. The number of amides is 1. The van der Waals surface area contributed by atoms with E-state index in [4.69, 9.17) is 4.74 Å². The number of nitrogens with zero attached hydrogens (tertiary/aromatic N) is 2. The van der Waals surface area contributed by atoms with E-state index in [9.17, 15) is 13.2 Å². The predicted octanol–water partition coefficient (Wildman–Crippen LogP) is 1.51. The molecule has 1 aliphatic heterocycles. The molecule has 1 aromatic carbocycles. The second-order valence-corrected chi connectivity index (χ2v) is 8.90. The van der Waals surface area contributed by atoms with Crippen molar-refractivity contribution in [1.82, 2.24) is 14.6 Å². The molecule has 0 aliphatic carbocycles. The van der Waals surface area contributed by atoms with Crippen LogP contribution in [0.3, 0.4) is 0 Å². The Morgan fingerprint density at radius 2 is 2.12 bits per heavy atom. The largest absolute Gasteiger partial charge is 0.379 e. The van der Waals surface area contributed by atoms with Gasteiger partial charge in [-0.1, -0.05) is 12.1 Å². The van der Waals surface area contributed by atoms with Gasteiger partial charge in [-0.15, -0.1) is 11.3 Å². The number of nitrogens with one attached hydrogen (secondary N) is 1. The average Bonchev–Trinajstić information content (AvgIpc) is 3.09. The lowest BCUT2D eigenvalue weighted by molar-refractivity contribution is 0.0730. The predicted molar refractivity (Wildman–Crippen MR) is 101 cm³/mol. The Balaban J connectivity index is 1.58. The third-order valence-corrected chi connectivity index (χ3v) is 6.88. The van der Waals surface area contributed by atoms with E-state index < -0.39 is 10.0 Å². The SMILES string of the molecule is Cc1csc(-c2cccc(C(=O)NCCS(=O)(=O)N3CCOCC3)c2)n1. The van der Waals surface area contributed by atoms with Crippen molar-refractivity contribution in [3.05, 3.63) is 40.9 Å². The first-order valence-corrected chi connectivity index (χ1v) is 10.8. The number of carbonyl (C=O) groups excluding carboxylic acids is 1. The Bertz CT molecular complexity index is 874. The van der Waals surface area contributed by atoms with Crippen molar-refractivity contribution in [2.45, 2.75) is 6.92 Å². The summed E-state index contributed by atoms with van der Waals surface area (Å²) in [5, 5.41) is 5.50. The molecule has 1 N–H and O–H groups in total. The first kappa shape index (κ1) is 19.0. The van der Waals surface area contributed by atoms with E-state index in [1.54, 1.807) is 18.2 Å². The lowest BCUT2D eigenvalue weighted by Crippen LogP contribution is -2.43. The Labute approximate surface area is 157 Å². The van der Waals surface area contributed by atoms with Gasteiger partial charge in [0.1, 0.15) is 5.01 Å². The van der Waals surface area contributed by atoms with Crippen molar-refractivity contribution in [1.29, 1.82) is 0 Å². The molecule has 1 aliphatic rings. The zero-order valence-corrected chi connectivity index (χ0v) is 16.1. The quantitative estimate of drug-likeness (QED) is 0.801. The molecule has 140 valence electrons. The van der Waals surface area contributed by atoms with Crippen LogP contribution in [0.2, 0.25) is 0 Å². The molecule has 1 fully saturated rings. The molecule has 0 unspecified atom stereocenters. The summed E-state index contributed by atoms with van der Waals surface area (Å²) in [6, 6.07) is 7.17. The van der Waals surface area contributed by atoms with Crippen LogP contribution in [-0.2, 0) is 14.8 Å². The number of rotatable bonds is 6. The van der Waals surface area contributed by atoms with Crippen LogP contribution in [0.15, 0.2) is 29.6 Å². The van der Waals surface area contributed by atoms with E-state index in [-0.39, 0.29) is 18.2 Å². The second-order valence-electron chi connectivity index (χ2n) is 5.96. The summed E-state index contributed by atoms with van der Waals surface area (Å²) in [6.07, 6.45) is 0. The number of aryl methyl sites for hydroxylation is 1. The minimum Gasteiger partial charge on any atom is -0.379 e. The van der Waals surface area contributed by atoms with Gasteiger partial charge in [0.2, 0.25) is 10.0 Å². The summed E-state index contributed by atoms with van der Waals surface area (Å²) in [6.45, 7) is 3.55. The van der Waals surface area contributed by atoms with E-state index in [1.165, 1.54) is 15.6 Å². The first-order valence-electron chi connectivity index (χ1n) is 8.32. The standard InChI is InChI=1S/C17H21N3O4S2/c1-13-12-25-17(19-13)15-4-2-3-14(11-15)16(21)18-5-10-26(22,23)20-6-8-24-9-7-20/h2-4,11-12H,5-10H2,1H3,(H,18,21). The Morgan fingerprint density at radius 3 is 2.81 bits per heavy atom. The summed E-state index contributed by atoms with van der Waals surface area (Å²) in [5.41, 5.74) is 2.30. The zero-order chi connectivity index (χ0) is 18.6. The number of benzene rings is 1. The van der Waals surface area contributed by atoms with Crippen LogP contribution in [0.4, 0.5) is 0 Å². The van der Waals surface area contributed by atoms with Crippen LogP contribution in [-0.4, -0.2) is 62.2 Å². The van der Waals surface area contributed by atoms with Crippen molar-refractivity contribution < 1.29 is 17.9 Å². The molecule has 0 radical (unpaired) electrons. The maximum atomic E-state index is 12.3. The van der Waals surface area contributed by atoms with Crippen LogP contribution in [0.25, 0.3) is 10.6 Å². The lowest BCUT2D eigenvalue weighted by Gasteiger charge is -2.26. The number of ether oxygens (including phenoxy) is 1. The van der Waals surface area contributed by atoms with Crippen molar-refractivity contribution in [2.24, 2.45) is 0 Å². The van der Waals surface area contributed by atoms with E-state index in [0.717, 1.165) is 16.3 Å². The molecule has 9 heteroatoms. The van der Waals surface area contributed by atoms with Gasteiger partial charge in [0, 0.05) is 41.8 Å². The number of carbonyl (C=O) groups is 1. The fraction of sp³-hybridized carbons (Fsp3) is 0.412. The third-order valence-electron chi connectivity index (χ3n) is 4.00. The Morgan fingerprint density at radius 1 is 1.35 bits per heavy atom. The van der Waals surface area contributed by atoms with Crippen molar-refractivity contribution in [2.75, 3.05) is 38.6 Å². The van der Waals surface area contributed by atoms with Gasteiger partial charge >= 0.3 is 0 Å². The van der Waals surface area contributed by atoms with Crippen LogP contribution in [0.1, 0.15) is 16.1 Å². The molecule has 1 amide bonds. The van der Waals surface area contributed by atoms with Crippen LogP contribution in [0, 0.1) is 6.92 Å². The highest BCUT2D eigenvalue weighted by Gasteiger charge is 2.24. The second kappa shape index (κ2) is 8.26. The number of sulfonamides is 1. The van der Waals surface area contributed by atoms with Gasteiger partial charge in [-0.2, -0.15) is 4.31 Å². The van der Waals surface area contributed by atoms with Gasteiger partial charge in [0.05, 0.1) is 19.0 Å². The molecule has 2 aromatic rings. The maximum Gasteiger partial charge on any atom is 0.251 e. The average molecular weight is 396 g/mol. The fourth-order valence-corrected chi connectivity index (χ4v) is 4.75. The molecule has 2 heterocycles. The highest BCUT2D eigenvalue weighted by Crippen LogP contribution is 2.24. The van der Waals surface area contributed by atoms with Gasteiger partial charge in [-0.05, 0) is 19.1 Å². The number of hydrogen-bond acceptors (Lipinski definition) is 6. The molecule has 0 saturated carbocycles. The number of aromatic nitrogens is 1. The van der Waals surface area contributed by atoms with E-state index in [0.29, 0.717) is 31.9 Å².